The summed E-state index contributed by atoms with van der Waals surface area (Å²) in [6.07, 6.45) is 3.22. The van der Waals surface area contributed by atoms with Crippen molar-refractivity contribution in [2.45, 2.75) is 39.2 Å². The fourth-order valence-corrected chi connectivity index (χ4v) is 2.09. The molecule has 21 heavy (non-hydrogen) atoms. The topological polar surface area (TPSA) is 46.9 Å². The lowest BCUT2D eigenvalue weighted by Crippen LogP contribution is -2.17. The predicted molar refractivity (Wildman–Crippen MR) is 80.6 cm³/mol. The molecule has 112 valence electrons. The molecule has 5 heteroatoms. The number of carbonyl (C=O) groups excluding carboxylic acids is 1. The molecule has 1 amide bonds. The van der Waals surface area contributed by atoms with Crippen LogP contribution in [-0.4, -0.2) is 15.7 Å². The van der Waals surface area contributed by atoms with E-state index in [4.69, 9.17) is 0 Å². The minimum atomic E-state index is -0.269. The van der Waals surface area contributed by atoms with Crippen LogP contribution in [0.4, 0.5) is 10.2 Å². The molecule has 1 aromatic heterocycles. The van der Waals surface area contributed by atoms with E-state index in [1.807, 2.05) is 6.92 Å². The molecule has 0 fully saturated rings. The number of hydrogen-bond donors (Lipinski definition) is 1. The Morgan fingerprint density at radius 3 is 2.86 bits per heavy atom. The maximum absolute atomic E-state index is 13.5. The number of anilines is 1. The third-order valence-electron chi connectivity index (χ3n) is 3.53. The van der Waals surface area contributed by atoms with Crippen molar-refractivity contribution in [3.63, 3.8) is 0 Å². The Labute approximate surface area is 124 Å². The van der Waals surface area contributed by atoms with Crippen LogP contribution in [-0.2, 0) is 11.2 Å². The zero-order valence-electron chi connectivity index (χ0n) is 12.3. The summed E-state index contributed by atoms with van der Waals surface area (Å²) in [5.74, 6) is 0.279. The first-order chi connectivity index (χ1) is 10.1. The van der Waals surface area contributed by atoms with Crippen LogP contribution >= 0.6 is 0 Å². The molecule has 1 unspecified atom stereocenters. The van der Waals surface area contributed by atoms with Crippen LogP contribution in [0.2, 0.25) is 0 Å². The fourth-order valence-electron chi connectivity index (χ4n) is 2.09. The van der Waals surface area contributed by atoms with E-state index in [0.717, 1.165) is 6.42 Å². The largest absolute Gasteiger partial charge is 0.311 e. The third kappa shape index (κ3) is 3.90. The molecule has 1 atom stereocenters. The Hall–Kier alpha value is -2.17. The number of benzene rings is 1. The van der Waals surface area contributed by atoms with Crippen molar-refractivity contribution in [3.05, 3.63) is 47.9 Å². The maximum atomic E-state index is 13.5. The molecule has 0 saturated carbocycles. The van der Waals surface area contributed by atoms with Crippen molar-refractivity contribution in [1.82, 2.24) is 9.78 Å². The molecule has 2 aromatic rings. The van der Waals surface area contributed by atoms with E-state index >= 15 is 0 Å². The number of amides is 1. The van der Waals surface area contributed by atoms with Gasteiger partial charge in [0.25, 0.3) is 0 Å². The average molecular weight is 289 g/mol. The predicted octanol–water partition coefficient (Wildman–Crippen LogP) is 3.56. The van der Waals surface area contributed by atoms with Gasteiger partial charge in [-0.2, -0.15) is 5.10 Å². The summed E-state index contributed by atoms with van der Waals surface area (Å²) in [7, 11) is 0. The smallest absolute Gasteiger partial charge is 0.225 e. The van der Waals surface area contributed by atoms with E-state index < -0.39 is 0 Å². The van der Waals surface area contributed by atoms with Gasteiger partial charge in [0.05, 0.1) is 12.2 Å². The SMILES string of the molecule is CCC(C)n1nccc1NC(=O)CCc1ccccc1F. The van der Waals surface area contributed by atoms with Gasteiger partial charge < -0.3 is 5.32 Å². The van der Waals surface area contributed by atoms with E-state index in [1.165, 1.54) is 6.07 Å². The van der Waals surface area contributed by atoms with Gasteiger partial charge in [-0.25, -0.2) is 9.07 Å². The minimum absolute atomic E-state index is 0.136. The molecule has 0 aliphatic carbocycles. The van der Waals surface area contributed by atoms with Gasteiger partial charge in [0.1, 0.15) is 11.6 Å². The molecule has 0 saturated heterocycles. The van der Waals surface area contributed by atoms with E-state index in [0.29, 0.717) is 17.8 Å². The van der Waals surface area contributed by atoms with E-state index in [1.54, 1.807) is 35.1 Å². The molecular weight excluding hydrogens is 269 g/mol. The van der Waals surface area contributed by atoms with E-state index in [-0.39, 0.29) is 24.2 Å². The van der Waals surface area contributed by atoms with Crippen LogP contribution in [0, 0.1) is 5.82 Å². The van der Waals surface area contributed by atoms with Crippen LogP contribution in [0.15, 0.2) is 36.5 Å². The van der Waals surface area contributed by atoms with Crippen molar-refractivity contribution in [3.8, 4) is 0 Å². The molecule has 0 aliphatic heterocycles. The van der Waals surface area contributed by atoms with Crippen molar-refractivity contribution >= 4 is 11.7 Å². The number of carbonyl (C=O) groups is 1. The molecule has 1 heterocycles. The standard InChI is InChI=1S/C16H20FN3O/c1-3-12(2)20-15(10-11-18-20)19-16(21)9-8-13-6-4-5-7-14(13)17/h4-7,10-12H,3,8-9H2,1-2H3,(H,19,21). The second kappa shape index (κ2) is 7.02. The number of hydrogen-bond acceptors (Lipinski definition) is 2. The van der Waals surface area contributed by atoms with Crippen LogP contribution in [0.1, 0.15) is 38.3 Å². The molecule has 0 aliphatic rings. The monoisotopic (exact) mass is 289 g/mol. The van der Waals surface area contributed by atoms with Crippen LogP contribution in [0.3, 0.4) is 0 Å². The van der Waals surface area contributed by atoms with Crippen molar-refractivity contribution in [1.29, 1.82) is 0 Å². The first kappa shape index (κ1) is 15.2. The molecule has 4 nitrogen and oxygen atoms in total. The Morgan fingerprint density at radius 1 is 1.38 bits per heavy atom. The first-order valence-electron chi connectivity index (χ1n) is 7.18. The Bertz CT molecular complexity index is 609. The van der Waals surface area contributed by atoms with Crippen LogP contribution in [0.5, 0.6) is 0 Å². The molecule has 0 bridgehead atoms. The first-order valence-corrected chi connectivity index (χ1v) is 7.18. The van der Waals surface area contributed by atoms with Gasteiger partial charge in [-0.1, -0.05) is 25.1 Å². The van der Waals surface area contributed by atoms with E-state index in [9.17, 15) is 9.18 Å². The van der Waals surface area contributed by atoms with Crippen molar-refractivity contribution < 1.29 is 9.18 Å². The lowest BCUT2D eigenvalue weighted by Gasteiger charge is -2.14. The number of nitrogens with zero attached hydrogens (tertiary/aromatic N) is 2. The lowest BCUT2D eigenvalue weighted by atomic mass is 10.1. The van der Waals surface area contributed by atoms with Crippen molar-refractivity contribution in [2.24, 2.45) is 0 Å². The summed E-state index contributed by atoms with van der Waals surface area (Å²) in [5.41, 5.74) is 0.558. The number of aromatic nitrogens is 2. The molecular formula is C16H20FN3O. The molecule has 0 radical (unpaired) electrons. The normalized spacial score (nSPS) is 12.1. The van der Waals surface area contributed by atoms with Gasteiger partial charge in [0.2, 0.25) is 5.91 Å². The molecule has 1 N–H and O–H groups in total. The van der Waals surface area contributed by atoms with Gasteiger partial charge >= 0.3 is 0 Å². The van der Waals surface area contributed by atoms with Gasteiger partial charge in [0.15, 0.2) is 0 Å². The van der Waals surface area contributed by atoms with Crippen molar-refractivity contribution in [2.75, 3.05) is 5.32 Å². The summed E-state index contributed by atoms with van der Waals surface area (Å²) in [6, 6.07) is 8.52. The minimum Gasteiger partial charge on any atom is -0.311 e. The quantitative estimate of drug-likeness (QED) is 0.883. The summed E-state index contributed by atoms with van der Waals surface area (Å²) in [5, 5.41) is 7.05. The summed E-state index contributed by atoms with van der Waals surface area (Å²) >= 11 is 0. The molecule has 1 aromatic carbocycles. The summed E-state index contributed by atoms with van der Waals surface area (Å²) < 4.78 is 15.3. The number of aryl methyl sites for hydroxylation is 1. The zero-order valence-corrected chi connectivity index (χ0v) is 12.3. The lowest BCUT2D eigenvalue weighted by molar-refractivity contribution is -0.116. The molecule has 2 rings (SSSR count). The maximum Gasteiger partial charge on any atom is 0.225 e. The Morgan fingerprint density at radius 2 is 2.14 bits per heavy atom. The van der Waals surface area contributed by atoms with Gasteiger partial charge in [-0.3, -0.25) is 4.79 Å². The van der Waals surface area contributed by atoms with Gasteiger partial charge in [-0.15, -0.1) is 0 Å². The highest BCUT2D eigenvalue weighted by atomic mass is 19.1. The second-order valence-electron chi connectivity index (χ2n) is 5.06. The Kier molecular flexibility index (Phi) is 5.09. The highest BCUT2D eigenvalue weighted by Crippen LogP contribution is 2.17. The summed E-state index contributed by atoms with van der Waals surface area (Å²) in [6.45, 7) is 4.11. The van der Waals surface area contributed by atoms with Gasteiger partial charge in [-0.05, 0) is 31.4 Å². The highest BCUT2D eigenvalue weighted by Gasteiger charge is 2.11. The zero-order chi connectivity index (χ0) is 15.2. The second-order valence-corrected chi connectivity index (χ2v) is 5.06. The number of halogens is 1. The molecule has 0 spiro atoms. The number of rotatable bonds is 6. The highest BCUT2D eigenvalue weighted by molar-refractivity contribution is 5.89. The van der Waals surface area contributed by atoms with Crippen LogP contribution < -0.4 is 5.32 Å². The average Bonchev–Trinajstić information content (AvgIpc) is 2.93. The third-order valence-corrected chi connectivity index (χ3v) is 3.53. The van der Waals surface area contributed by atoms with E-state index in [2.05, 4.69) is 17.3 Å². The summed E-state index contributed by atoms with van der Waals surface area (Å²) in [4.78, 5) is 12.0. The fraction of sp³-hybridized carbons (Fsp3) is 0.375. The van der Waals surface area contributed by atoms with Crippen LogP contribution in [0.25, 0.3) is 0 Å². The Balaban J connectivity index is 1.94. The number of nitrogens with one attached hydrogen (secondary N) is 1. The van der Waals surface area contributed by atoms with Gasteiger partial charge in [0, 0.05) is 12.5 Å².